The maximum absolute atomic E-state index is 12.7. The lowest BCUT2D eigenvalue weighted by Crippen LogP contribution is -2.52. The van der Waals surface area contributed by atoms with Crippen molar-refractivity contribution in [1.29, 1.82) is 0 Å². The van der Waals surface area contributed by atoms with E-state index in [-0.39, 0.29) is 11.4 Å². The molecule has 2 aliphatic rings. The molecule has 0 aromatic carbocycles. The number of carboxylic acid groups (broad SMARTS) is 1. The lowest BCUT2D eigenvalue weighted by molar-refractivity contribution is -0.150. The number of carbonyl (C=O) groups is 2. The monoisotopic (exact) mass is 296 g/mol. The third kappa shape index (κ3) is 3.01. The van der Waals surface area contributed by atoms with E-state index >= 15 is 0 Å². The van der Waals surface area contributed by atoms with Crippen LogP contribution in [0, 0.1) is 10.8 Å². The number of amides is 2. The fourth-order valence-corrected chi connectivity index (χ4v) is 3.70. The minimum atomic E-state index is -0.794. The van der Waals surface area contributed by atoms with Crippen LogP contribution in [-0.2, 0) is 4.79 Å². The van der Waals surface area contributed by atoms with Gasteiger partial charge in [0.2, 0.25) is 0 Å². The molecule has 2 saturated heterocycles. The van der Waals surface area contributed by atoms with Gasteiger partial charge in [-0.2, -0.15) is 0 Å². The van der Waals surface area contributed by atoms with Crippen LogP contribution in [-0.4, -0.2) is 53.1 Å². The van der Waals surface area contributed by atoms with Crippen LogP contribution in [0.1, 0.15) is 52.9 Å². The first-order valence-corrected chi connectivity index (χ1v) is 8.13. The first-order valence-electron chi connectivity index (χ1n) is 8.13. The van der Waals surface area contributed by atoms with Crippen LogP contribution in [0.5, 0.6) is 0 Å². The van der Waals surface area contributed by atoms with Crippen molar-refractivity contribution in [2.24, 2.45) is 10.8 Å². The van der Waals surface area contributed by atoms with E-state index < -0.39 is 11.4 Å². The van der Waals surface area contributed by atoms with E-state index in [0.717, 1.165) is 38.8 Å². The maximum Gasteiger partial charge on any atom is 0.320 e. The minimum Gasteiger partial charge on any atom is -0.481 e. The number of piperidine rings is 1. The van der Waals surface area contributed by atoms with Gasteiger partial charge in [0.1, 0.15) is 0 Å². The normalized spacial score (nSPS) is 28.7. The quantitative estimate of drug-likeness (QED) is 0.871. The summed E-state index contributed by atoms with van der Waals surface area (Å²) in [5, 5.41) is 9.37. The fraction of sp³-hybridized carbons (Fsp3) is 0.875. The molecule has 2 rings (SSSR count). The molecule has 0 spiro atoms. The molecule has 5 heteroatoms. The van der Waals surface area contributed by atoms with E-state index in [1.54, 1.807) is 11.8 Å². The Kier molecular flexibility index (Phi) is 4.49. The van der Waals surface area contributed by atoms with Gasteiger partial charge in [0.15, 0.2) is 0 Å². The first-order chi connectivity index (χ1) is 9.86. The Labute approximate surface area is 127 Å². The molecule has 120 valence electrons. The molecule has 2 fully saturated rings. The van der Waals surface area contributed by atoms with Gasteiger partial charge in [-0.05, 0) is 44.4 Å². The number of carbonyl (C=O) groups excluding carboxylic acids is 1. The molecular weight excluding hydrogens is 268 g/mol. The molecule has 5 nitrogen and oxygen atoms in total. The van der Waals surface area contributed by atoms with Gasteiger partial charge in [-0.3, -0.25) is 4.79 Å². The van der Waals surface area contributed by atoms with Crippen molar-refractivity contribution < 1.29 is 14.7 Å². The highest BCUT2D eigenvalue weighted by atomic mass is 16.4. The van der Waals surface area contributed by atoms with E-state index in [9.17, 15) is 14.7 Å². The van der Waals surface area contributed by atoms with Crippen LogP contribution in [0.4, 0.5) is 4.79 Å². The summed E-state index contributed by atoms with van der Waals surface area (Å²) >= 11 is 0. The number of hydrogen-bond donors (Lipinski definition) is 1. The average molecular weight is 296 g/mol. The SMILES string of the molecule is CCC1(CC)CCN(C(=O)N2CCCC(C)(C(=O)O)C2)C1. The molecule has 0 aromatic heterocycles. The zero-order valence-corrected chi connectivity index (χ0v) is 13.5. The second-order valence-electron chi connectivity index (χ2n) is 7.05. The second kappa shape index (κ2) is 5.85. The summed E-state index contributed by atoms with van der Waals surface area (Å²) in [6.07, 6.45) is 4.69. The van der Waals surface area contributed by atoms with Crippen LogP contribution < -0.4 is 0 Å². The predicted octanol–water partition coefficient (Wildman–Crippen LogP) is 2.81. The molecule has 1 atom stereocenters. The molecule has 1 unspecified atom stereocenters. The standard InChI is InChI=1S/C16H28N2O3/c1-4-16(5-2)8-10-18(12-16)14(21)17-9-6-7-15(3,11-17)13(19)20/h4-12H2,1-3H3,(H,19,20). The smallest absolute Gasteiger partial charge is 0.320 e. The van der Waals surface area contributed by atoms with Gasteiger partial charge in [-0.25, -0.2) is 4.79 Å². The van der Waals surface area contributed by atoms with Crippen molar-refractivity contribution in [3.63, 3.8) is 0 Å². The highest BCUT2D eigenvalue weighted by molar-refractivity contribution is 5.78. The van der Waals surface area contributed by atoms with E-state index in [1.165, 1.54) is 0 Å². The summed E-state index contributed by atoms with van der Waals surface area (Å²) in [6, 6.07) is 0.0333. The van der Waals surface area contributed by atoms with Gasteiger partial charge < -0.3 is 14.9 Å². The maximum atomic E-state index is 12.7. The van der Waals surface area contributed by atoms with Gasteiger partial charge in [0, 0.05) is 26.2 Å². The highest BCUT2D eigenvalue weighted by Crippen LogP contribution is 2.38. The lowest BCUT2D eigenvalue weighted by Gasteiger charge is -2.39. The first kappa shape index (κ1) is 16.1. The highest BCUT2D eigenvalue weighted by Gasteiger charge is 2.43. The molecule has 0 radical (unpaired) electrons. The summed E-state index contributed by atoms with van der Waals surface area (Å²) < 4.78 is 0. The Morgan fingerprint density at radius 2 is 1.67 bits per heavy atom. The van der Waals surface area contributed by atoms with Gasteiger partial charge in [-0.1, -0.05) is 13.8 Å². The Morgan fingerprint density at radius 3 is 2.19 bits per heavy atom. The zero-order valence-electron chi connectivity index (χ0n) is 13.5. The molecule has 2 heterocycles. The fourth-order valence-electron chi connectivity index (χ4n) is 3.70. The minimum absolute atomic E-state index is 0.0333. The Bertz CT molecular complexity index is 420. The molecule has 0 saturated carbocycles. The van der Waals surface area contributed by atoms with Crippen molar-refractivity contribution in [2.45, 2.75) is 52.9 Å². The van der Waals surface area contributed by atoms with Crippen LogP contribution >= 0.6 is 0 Å². The molecule has 2 amide bonds. The molecule has 21 heavy (non-hydrogen) atoms. The number of likely N-dealkylation sites (tertiary alicyclic amines) is 2. The lowest BCUT2D eigenvalue weighted by atomic mass is 9.82. The number of urea groups is 1. The van der Waals surface area contributed by atoms with Gasteiger partial charge in [0.05, 0.1) is 5.41 Å². The number of nitrogens with zero attached hydrogens (tertiary/aromatic N) is 2. The molecule has 0 aromatic rings. The Hall–Kier alpha value is -1.26. The summed E-state index contributed by atoms with van der Waals surface area (Å²) in [5.74, 6) is -0.794. The predicted molar refractivity (Wildman–Crippen MR) is 81.2 cm³/mol. The van der Waals surface area contributed by atoms with Crippen LogP contribution in [0.15, 0.2) is 0 Å². The summed E-state index contributed by atoms with van der Waals surface area (Å²) in [6.45, 7) is 8.78. The second-order valence-corrected chi connectivity index (χ2v) is 7.05. The summed E-state index contributed by atoms with van der Waals surface area (Å²) in [5.41, 5.74) is -0.526. The topological polar surface area (TPSA) is 60.9 Å². The van der Waals surface area contributed by atoms with E-state index in [0.29, 0.717) is 19.5 Å². The Balaban J connectivity index is 2.03. The summed E-state index contributed by atoms with van der Waals surface area (Å²) in [4.78, 5) is 27.8. The van der Waals surface area contributed by atoms with Crippen molar-refractivity contribution in [3.05, 3.63) is 0 Å². The number of hydrogen-bond acceptors (Lipinski definition) is 2. The average Bonchev–Trinajstić information content (AvgIpc) is 2.91. The number of carboxylic acids is 1. The Morgan fingerprint density at radius 1 is 1.05 bits per heavy atom. The van der Waals surface area contributed by atoms with Gasteiger partial charge in [0.25, 0.3) is 0 Å². The van der Waals surface area contributed by atoms with Gasteiger partial charge in [-0.15, -0.1) is 0 Å². The number of rotatable bonds is 3. The van der Waals surface area contributed by atoms with Crippen molar-refractivity contribution in [2.75, 3.05) is 26.2 Å². The molecular formula is C16H28N2O3. The van der Waals surface area contributed by atoms with E-state index in [2.05, 4.69) is 13.8 Å². The molecule has 2 aliphatic heterocycles. The van der Waals surface area contributed by atoms with Crippen LogP contribution in [0.2, 0.25) is 0 Å². The van der Waals surface area contributed by atoms with E-state index in [1.807, 2.05) is 4.90 Å². The van der Waals surface area contributed by atoms with Crippen molar-refractivity contribution in [3.8, 4) is 0 Å². The zero-order chi connectivity index (χ0) is 15.7. The number of aliphatic carboxylic acids is 1. The van der Waals surface area contributed by atoms with Crippen LogP contribution in [0.25, 0.3) is 0 Å². The van der Waals surface area contributed by atoms with Gasteiger partial charge >= 0.3 is 12.0 Å². The third-order valence-corrected chi connectivity index (χ3v) is 5.69. The molecule has 1 N–H and O–H groups in total. The van der Waals surface area contributed by atoms with Crippen molar-refractivity contribution in [1.82, 2.24) is 9.80 Å². The van der Waals surface area contributed by atoms with E-state index in [4.69, 9.17) is 0 Å². The summed E-state index contributed by atoms with van der Waals surface area (Å²) in [7, 11) is 0. The molecule has 0 aliphatic carbocycles. The third-order valence-electron chi connectivity index (χ3n) is 5.69. The van der Waals surface area contributed by atoms with Crippen molar-refractivity contribution >= 4 is 12.0 Å². The molecule has 0 bridgehead atoms. The largest absolute Gasteiger partial charge is 0.481 e. The van der Waals surface area contributed by atoms with Crippen LogP contribution in [0.3, 0.4) is 0 Å².